The zero-order valence-corrected chi connectivity index (χ0v) is 11.7. The number of nitro benzene ring substituents is 1. The van der Waals surface area contributed by atoms with Crippen LogP contribution in [0.4, 0.5) is 5.69 Å². The molecule has 1 aromatic carbocycles. The molecule has 0 aromatic heterocycles. The van der Waals surface area contributed by atoms with Crippen molar-refractivity contribution in [1.82, 2.24) is 4.90 Å². The Morgan fingerprint density at radius 3 is 2.85 bits per heavy atom. The van der Waals surface area contributed by atoms with E-state index in [0.717, 1.165) is 18.7 Å². The van der Waals surface area contributed by atoms with Crippen LogP contribution >= 0.6 is 0 Å². The van der Waals surface area contributed by atoms with E-state index in [-0.39, 0.29) is 17.4 Å². The third kappa shape index (κ3) is 2.87. The van der Waals surface area contributed by atoms with Gasteiger partial charge >= 0.3 is 0 Å². The van der Waals surface area contributed by atoms with Crippen molar-refractivity contribution in [2.24, 2.45) is 0 Å². The lowest BCUT2D eigenvalue weighted by Gasteiger charge is -2.31. The predicted octanol–water partition coefficient (Wildman–Crippen LogP) is 2.88. The second-order valence-electron chi connectivity index (χ2n) is 5.03. The van der Waals surface area contributed by atoms with Gasteiger partial charge in [0.1, 0.15) is 0 Å². The molecule has 1 unspecified atom stereocenters. The summed E-state index contributed by atoms with van der Waals surface area (Å²) in [6.07, 6.45) is 2.89. The summed E-state index contributed by atoms with van der Waals surface area (Å²) in [6, 6.07) is 6.33. The van der Waals surface area contributed by atoms with E-state index in [1.165, 1.54) is 12.1 Å². The van der Waals surface area contributed by atoms with E-state index in [9.17, 15) is 14.9 Å². The molecule has 1 atom stereocenters. The average molecular weight is 274 g/mol. The minimum atomic E-state index is -0.434. The van der Waals surface area contributed by atoms with Gasteiger partial charge in [0.25, 0.3) is 5.69 Å². The van der Waals surface area contributed by atoms with Crippen LogP contribution in [0.25, 0.3) is 0 Å². The molecule has 0 amide bonds. The molecule has 5 nitrogen and oxygen atoms in total. The number of ketones is 1. The lowest BCUT2D eigenvalue weighted by Crippen LogP contribution is -2.36. The van der Waals surface area contributed by atoms with E-state index in [4.69, 9.17) is 0 Å². The van der Waals surface area contributed by atoms with Gasteiger partial charge in [0.2, 0.25) is 0 Å². The molecule has 0 radical (unpaired) electrons. The molecule has 20 heavy (non-hydrogen) atoms. The van der Waals surface area contributed by atoms with Crippen LogP contribution in [0.3, 0.4) is 0 Å². The lowest BCUT2D eigenvalue weighted by molar-refractivity contribution is -0.384. The summed E-state index contributed by atoms with van der Waals surface area (Å²) in [4.78, 5) is 24.7. The standard InChI is InChI=1S/C15H18N2O3/c1-3-7-16-10-15(18)14(8-11(16)2)12-5-4-6-13(9-12)17(19)20/h4-6,8-9,14H,3,7,10H2,1-2H3. The van der Waals surface area contributed by atoms with E-state index in [0.29, 0.717) is 12.1 Å². The van der Waals surface area contributed by atoms with E-state index >= 15 is 0 Å². The monoisotopic (exact) mass is 274 g/mol. The van der Waals surface area contributed by atoms with Gasteiger partial charge in [-0.2, -0.15) is 0 Å². The Labute approximate surface area is 118 Å². The minimum absolute atomic E-state index is 0.0253. The second kappa shape index (κ2) is 5.86. The predicted molar refractivity (Wildman–Crippen MR) is 76.5 cm³/mol. The van der Waals surface area contributed by atoms with Crippen LogP contribution in [0.5, 0.6) is 0 Å². The fourth-order valence-corrected chi connectivity index (χ4v) is 2.49. The molecular formula is C15H18N2O3. The Bertz CT molecular complexity index is 566. The number of nitrogens with zero attached hydrogens (tertiary/aromatic N) is 2. The Balaban J connectivity index is 2.31. The number of non-ortho nitro benzene ring substituents is 1. The largest absolute Gasteiger partial charge is 0.368 e. The van der Waals surface area contributed by atoms with E-state index in [1.807, 2.05) is 13.0 Å². The summed E-state index contributed by atoms with van der Waals surface area (Å²) in [5.41, 5.74) is 1.78. The van der Waals surface area contributed by atoms with Crippen LogP contribution in [0.15, 0.2) is 36.0 Å². The van der Waals surface area contributed by atoms with Crippen LogP contribution in [0, 0.1) is 10.1 Å². The molecule has 5 heteroatoms. The van der Waals surface area contributed by atoms with Crippen molar-refractivity contribution in [3.05, 3.63) is 51.7 Å². The number of Topliss-reactive ketones (excluding diaryl/α,β-unsaturated/α-hetero) is 1. The highest BCUT2D eigenvalue weighted by Gasteiger charge is 2.27. The van der Waals surface area contributed by atoms with Crippen LogP contribution in [-0.2, 0) is 4.79 Å². The Morgan fingerprint density at radius 1 is 1.45 bits per heavy atom. The Morgan fingerprint density at radius 2 is 2.20 bits per heavy atom. The van der Waals surface area contributed by atoms with Crippen LogP contribution in [0.1, 0.15) is 31.7 Å². The van der Waals surface area contributed by atoms with Crippen molar-refractivity contribution in [1.29, 1.82) is 0 Å². The quantitative estimate of drug-likeness (QED) is 0.625. The molecule has 1 aliphatic rings. The van der Waals surface area contributed by atoms with Gasteiger partial charge in [-0.15, -0.1) is 0 Å². The molecule has 106 valence electrons. The summed E-state index contributed by atoms with van der Waals surface area (Å²) in [5.74, 6) is -0.285. The van der Waals surface area contributed by atoms with Gasteiger partial charge in [-0.05, 0) is 18.9 Å². The van der Waals surface area contributed by atoms with Crippen molar-refractivity contribution in [2.45, 2.75) is 26.2 Å². The van der Waals surface area contributed by atoms with Crippen LogP contribution < -0.4 is 0 Å². The summed E-state index contributed by atoms with van der Waals surface area (Å²) in [7, 11) is 0. The average Bonchev–Trinajstić information content (AvgIpc) is 2.43. The Kier molecular flexibility index (Phi) is 4.17. The maximum atomic E-state index is 12.3. The molecule has 0 aliphatic carbocycles. The van der Waals surface area contributed by atoms with Crippen molar-refractivity contribution < 1.29 is 9.72 Å². The van der Waals surface area contributed by atoms with Gasteiger partial charge < -0.3 is 4.90 Å². The number of carbonyl (C=O) groups is 1. The fourth-order valence-electron chi connectivity index (χ4n) is 2.49. The number of carbonyl (C=O) groups excluding carboxylic acids is 1. The number of hydrogen-bond acceptors (Lipinski definition) is 4. The lowest BCUT2D eigenvalue weighted by atomic mass is 9.90. The van der Waals surface area contributed by atoms with E-state index < -0.39 is 4.92 Å². The number of benzene rings is 1. The zero-order valence-electron chi connectivity index (χ0n) is 11.7. The molecule has 0 bridgehead atoms. The first-order valence-corrected chi connectivity index (χ1v) is 6.73. The van der Waals surface area contributed by atoms with Crippen molar-refractivity contribution in [3.63, 3.8) is 0 Å². The molecule has 0 N–H and O–H groups in total. The zero-order chi connectivity index (χ0) is 14.7. The summed E-state index contributed by atoms with van der Waals surface area (Å²) < 4.78 is 0. The highest BCUT2D eigenvalue weighted by Crippen LogP contribution is 2.28. The molecule has 0 saturated heterocycles. The van der Waals surface area contributed by atoms with Gasteiger partial charge in [-0.1, -0.05) is 25.1 Å². The summed E-state index contributed by atoms with van der Waals surface area (Å²) in [6.45, 7) is 5.29. The first-order chi connectivity index (χ1) is 9.52. The topological polar surface area (TPSA) is 63.5 Å². The molecule has 1 heterocycles. The molecular weight excluding hydrogens is 256 g/mol. The van der Waals surface area contributed by atoms with Crippen molar-refractivity contribution >= 4 is 11.5 Å². The number of hydrogen-bond donors (Lipinski definition) is 0. The second-order valence-corrected chi connectivity index (χ2v) is 5.03. The minimum Gasteiger partial charge on any atom is -0.368 e. The molecule has 1 aliphatic heterocycles. The fraction of sp³-hybridized carbons (Fsp3) is 0.400. The maximum Gasteiger partial charge on any atom is 0.269 e. The van der Waals surface area contributed by atoms with Gasteiger partial charge in [0, 0.05) is 24.4 Å². The van der Waals surface area contributed by atoms with Crippen LogP contribution in [0.2, 0.25) is 0 Å². The van der Waals surface area contributed by atoms with E-state index in [2.05, 4.69) is 11.8 Å². The third-order valence-corrected chi connectivity index (χ3v) is 3.53. The van der Waals surface area contributed by atoms with Crippen LogP contribution in [-0.4, -0.2) is 28.7 Å². The van der Waals surface area contributed by atoms with Gasteiger partial charge in [-0.3, -0.25) is 14.9 Å². The SMILES string of the molecule is CCCN1CC(=O)C(c2cccc([N+](=O)[O-])c2)C=C1C. The molecule has 0 saturated carbocycles. The first kappa shape index (κ1) is 14.2. The molecule has 0 fully saturated rings. The molecule has 0 spiro atoms. The van der Waals surface area contributed by atoms with Crippen molar-refractivity contribution in [2.75, 3.05) is 13.1 Å². The smallest absolute Gasteiger partial charge is 0.269 e. The van der Waals surface area contributed by atoms with Crippen molar-refractivity contribution in [3.8, 4) is 0 Å². The maximum absolute atomic E-state index is 12.3. The third-order valence-electron chi connectivity index (χ3n) is 3.53. The van der Waals surface area contributed by atoms with Gasteiger partial charge in [0.05, 0.1) is 17.4 Å². The summed E-state index contributed by atoms with van der Waals surface area (Å²) >= 11 is 0. The van der Waals surface area contributed by atoms with Gasteiger partial charge in [0.15, 0.2) is 5.78 Å². The number of rotatable bonds is 4. The highest BCUT2D eigenvalue weighted by molar-refractivity contribution is 5.90. The summed E-state index contributed by atoms with van der Waals surface area (Å²) in [5, 5.41) is 10.8. The van der Waals surface area contributed by atoms with E-state index in [1.54, 1.807) is 12.1 Å². The number of nitro groups is 1. The molecule has 1 aromatic rings. The first-order valence-electron chi connectivity index (χ1n) is 6.73. The number of allylic oxidation sites excluding steroid dienone is 2. The highest BCUT2D eigenvalue weighted by atomic mass is 16.6. The van der Waals surface area contributed by atoms with Gasteiger partial charge in [-0.25, -0.2) is 0 Å². The normalized spacial score (nSPS) is 18.9. The molecule has 2 rings (SSSR count). The Hall–Kier alpha value is -2.17.